The van der Waals surface area contributed by atoms with Crippen molar-refractivity contribution >= 4 is 0 Å². The molecule has 0 radical (unpaired) electrons. The lowest BCUT2D eigenvalue weighted by Crippen LogP contribution is -2.06. The zero-order valence-electron chi connectivity index (χ0n) is 9.31. The molecule has 0 aliphatic rings. The molecule has 0 amide bonds. The van der Waals surface area contributed by atoms with Crippen LogP contribution >= 0.6 is 0 Å². The minimum atomic E-state index is -4.76. The number of rotatable bonds is 1. The zero-order chi connectivity index (χ0) is 14.0. The molecular weight excluding hydrogens is 259 g/mol. The second kappa shape index (κ2) is 4.57. The highest BCUT2D eigenvalue weighted by atomic mass is 19.4. The number of halogens is 3. The minimum Gasteiger partial charge on any atom is -0.507 e. The summed E-state index contributed by atoms with van der Waals surface area (Å²) in [6.45, 7) is 0. The molecule has 19 heavy (non-hydrogen) atoms. The van der Waals surface area contributed by atoms with Crippen molar-refractivity contribution in [3.8, 4) is 23.1 Å². The van der Waals surface area contributed by atoms with Gasteiger partial charge in [0.15, 0.2) is 0 Å². The van der Waals surface area contributed by atoms with E-state index in [1.807, 2.05) is 0 Å². The highest BCUT2D eigenvalue weighted by molar-refractivity contribution is 5.70. The molecule has 0 bridgehead atoms. The third kappa shape index (κ3) is 2.47. The van der Waals surface area contributed by atoms with Gasteiger partial charge in [-0.25, -0.2) is 0 Å². The van der Waals surface area contributed by atoms with Gasteiger partial charge < -0.3 is 5.11 Å². The predicted molar refractivity (Wildman–Crippen MR) is 58.8 cm³/mol. The first kappa shape index (κ1) is 12.8. The topological polar surface area (TPSA) is 69.8 Å². The quantitative estimate of drug-likeness (QED) is 0.860. The third-order valence-corrected chi connectivity index (χ3v) is 2.38. The Labute approximate surface area is 105 Å². The molecule has 0 spiro atoms. The number of benzene rings is 1. The predicted octanol–water partition coefficient (Wildman–Crippen LogP) is 2.74. The number of alkyl halides is 3. The molecule has 0 aliphatic heterocycles. The third-order valence-electron chi connectivity index (χ3n) is 2.38. The summed E-state index contributed by atoms with van der Waals surface area (Å²) in [4.78, 5) is 7.52. The fourth-order valence-corrected chi connectivity index (χ4v) is 1.55. The summed E-state index contributed by atoms with van der Waals surface area (Å²) in [5, 5.41) is 18.5. The van der Waals surface area contributed by atoms with Crippen molar-refractivity contribution in [2.75, 3.05) is 0 Å². The first-order chi connectivity index (χ1) is 8.93. The average molecular weight is 265 g/mol. The monoisotopic (exact) mass is 265 g/mol. The molecule has 2 rings (SSSR count). The Hall–Kier alpha value is -2.62. The van der Waals surface area contributed by atoms with E-state index >= 15 is 0 Å². The van der Waals surface area contributed by atoms with Gasteiger partial charge in [-0.05, 0) is 12.1 Å². The van der Waals surface area contributed by atoms with E-state index in [9.17, 15) is 18.3 Å². The standard InChI is InChI=1S/C12H6F3N3O/c13-12(14,15)9-4-7(5-16)3-8(11(9)19)10-6-17-1-2-18-10/h1-4,6,19H. The van der Waals surface area contributed by atoms with Gasteiger partial charge in [-0.15, -0.1) is 0 Å². The molecule has 1 N–H and O–H groups in total. The van der Waals surface area contributed by atoms with Gasteiger partial charge >= 0.3 is 6.18 Å². The lowest BCUT2D eigenvalue weighted by molar-refractivity contribution is -0.138. The van der Waals surface area contributed by atoms with E-state index in [1.165, 1.54) is 18.6 Å². The molecule has 0 saturated carbocycles. The Balaban J connectivity index is 2.73. The summed E-state index contributed by atoms with van der Waals surface area (Å²) < 4.78 is 38.3. The molecule has 0 atom stereocenters. The van der Waals surface area contributed by atoms with E-state index < -0.39 is 17.5 Å². The van der Waals surface area contributed by atoms with E-state index in [2.05, 4.69) is 9.97 Å². The fourth-order valence-electron chi connectivity index (χ4n) is 1.55. The number of phenols is 1. The van der Waals surface area contributed by atoms with E-state index in [-0.39, 0.29) is 16.8 Å². The molecule has 1 aromatic carbocycles. The van der Waals surface area contributed by atoms with Crippen molar-refractivity contribution in [2.45, 2.75) is 6.18 Å². The molecule has 1 heterocycles. The number of aromatic hydroxyl groups is 1. The van der Waals surface area contributed by atoms with Crippen molar-refractivity contribution in [1.82, 2.24) is 9.97 Å². The van der Waals surface area contributed by atoms with Crippen LogP contribution in [-0.4, -0.2) is 15.1 Å². The molecule has 7 heteroatoms. The van der Waals surface area contributed by atoms with Crippen molar-refractivity contribution in [1.29, 1.82) is 5.26 Å². The summed E-state index contributed by atoms with van der Waals surface area (Å²) in [5.74, 6) is -0.966. The van der Waals surface area contributed by atoms with Gasteiger partial charge in [-0.3, -0.25) is 9.97 Å². The van der Waals surface area contributed by atoms with E-state index in [1.54, 1.807) is 6.07 Å². The van der Waals surface area contributed by atoms with E-state index in [4.69, 9.17) is 5.26 Å². The largest absolute Gasteiger partial charge is 0.507 e. The summed E-state index contributed by atoms with van der Waals surface area (Å²) >= 11 is 0. The molecule has 0 aliphatic carbocycles. The first-order valence-corrected chi connectivity index (χ1v) is 5.04. The Morgan fingerprint density at radius 2 is 1.95 bits per heavy atom. The number of hydrogen-bond donors (Lipinski definition) is 1. The molecule has 0 unspecified atom stereocenters. The van der Waals surface area contributed by atoms with Crippen LogP contribution in [0.2, 0.25) is 0 Å². The molecule has 2 aromatic rings. The van der Waals surface area contributed by atoms with Crippen LogP contribution in [-0.2, 0) is 6.18 Å². The van der Waals surface area contributed by atoms with Gasteiger partial charge in [-0.1, -0.05) is 0 Å². The Bertz CT molecular complexity index is 648. The van der Waals surface area contributed by atoms with Crippen LogP contribution in [0, 0.1) is 11.3 Å². The van der Waals surface area contributed by atoms with E-state index in [0.717, 1.165) is 6.07 Å². The minimum absolute atomic E-state index is 0.0580. The van der Waals surface area contributed by atoms with Gasteiger partial charge in [-0.2, -0.15) is 18.4 Å². The normalized spacial score (nSPS) is 11.1. The van der Waals surface area contributed by atoms with Crippen molar-refractivity contribution in [3.05, 3.63) is 41.9 Å². The van der Waals surface area contributed by atoms with Crippen LogP contribution < -0.4 is 0 Å². The maximum atomic E-state index is 12.8. The van der Waals surface area contributed by atoms with Gasteiger partial charge in [0.1, 0.15) is 5.75 Å². The van der Waals surface area contributed by atoms with Crippen molar-refractivity contribution < 1.29 is 18.3 Å². The van der Waals surface area contributed by atoms with Crippen LogP contribution in [0.4, 0.5) is 13.2 Å². The van der Waals surface area contributed by atoms with Crippen LogP contribution in [0.3, 0.4) is 0 Å². The fraction of sp³-hybridized carbons (Fsp3) is 0.0833. The van der Waals surface area contributed by atoms with Crippen LogP contribution in [0.1, 0.15) is 11.1 Å². The number of nitriles is 1. The molecule has 96 valence electrons. The van der Waals surface area contributed by atoms with Crippen LogP contribution in [0.5, 0.6) is 5.75 Å². The lowest BCUT2D eigenvalue weighted by Gasteiger charge is -2.12. The highest BCUT2D eigenvalue weighted by Gasteiger charge is 2.35. The Morgan fingerprint density at radius 3 is 2.47 bits per heavy atom. The molecule has 0 fully saturated rings. The second-order valence-corrected chi connectivity index (χ2v) is 3.62. The maximum absolute atomic E-state index is 12.8. The van der Waals surface area contributed by atoms with Crippen molar-refractivity contribution in [2.24, 2.45) is 0 Å². The summed E-state index contributed by atoms with van der Waals surface area (Å²) in [6, 6.07) is 3.34. The van der Waals surface area contributed by atoms with Gasteiger partial charge in [0, 0.05) is 18.0 Å². The number of hydrogen-bond acceptors (Lipinski definition) is 4. The van der Waals surface area contributed by atoms with Crippen LogP contribution in [0.25, 0.3) is 11.3 Å². The summed E-state index contributed by atoms with van der Waals surface area (Å²) in [6.07, 6.45) is -0.926. The highest BCUT2D eigenvalue weighted by Crippen LogP contribution is 2.41. The number of aromatic nitrogens is 2. The van der Waals surface area contributed by atoms with Crippen LogP contribution in [0.15, 0.2) is 30.7 Å². The average Bonchev–Trinajstić information content (AvgIpc) is 2.38. The number of phenolic OH excluding ortho intramolecular Hbond substituents is 1. The van der Waals surface area contributed by atoms with Crippen molar-refractivity contribution in [3.63, 3.8) is 0 Å². The van der Waals surface area contributed by atoms with Gasteiger partial charge in [0.25, 0.3) is 0 Å². The smallest absolute Gasteiger partial charge is 0.420 e. The summed E-state index contributed by atoms with van der Waals surface area (Å²) in [5.41, 5.74) is -1.61. The van der Waals surface area contributed by atoms with E-state index in [0.29, 0.717) is 6.07 Å². The maximum Gasteiger partial charge on any atom is 0.420 e. The Morgan fingerprint density at radius 1 is 1.21 bits per heavy atom. The Kier molecular flexibility index (Phi) is 3.09. The lowest BCUT2D eigenvalue weighted by atomic mass is 10.0. The molecule has 4 nitrogen and oxygen atoms in total. The molecule has 1 aromatic heterocycles. The second-order valence-electron chi connectivity index (χ2n) is 3.62. The first-order valence-electron chi connectivity index (χ1n) is 5.04. The number of nitrogens with zero attached hydrogens (tertiary/aromatic N) is 3. The van der Waals surface area contributed by atoms with Gasteiger partial charge in [0.05, 0.1) is 29.1 Å². The zero-order valence-corrected chi connectivity index (χ0v) is 9.31. The SMILES string of the molecule is N#Cc1cc(-c2cnccn2)c(O)c(C(F)(F)F)c1. The molecular formula is C12H6F3N3O. The summed E-state index contributed by atoms with van der Waals surface area (Å²) in [7, 11) is 0. The molecule has 0 saturated heterocycles. The van der Waals surface area contributed by atoms with Gasteiger partial charge in [0.2, 0.25) is 0 Å².